The van der Waals surface area contributed by atoms with Crippen LogP contribution in [0.4, 0.5) is 17.1 Å². The number of fused-ring (bicyclic) bond motifs is 3. The molecule has 0 aliphatic carbocycles. The maximum absolute atomic E-state index is 13.3. The Morgan fingerprint density at radius 3 is 2.40 bits per heavy atom. The summed E-state index contributed by atoms with van der Waals surface area (Å²) in [6, 6.07) is 23.8. The number of hydrogen-bond acceptors (Lipinski definition) is 10. The number of ether oxygens (including phenoxy) is 5. The Kier molecular flexibility index (Phi) is 12.3. The number of aromatic nitrogens is 2. The van der Waals surface area contributed by atoms with Gasteiger partial charge in [-0.05, 0) is 49.2 Å². The van der Waals surface area contributed by atoms with Crippen LogP contribution in [-0.2, 0) is 39.7 Å². The molecule has 3 aromatic carbocycles. The van der Waals surface area contributed by atoms with Gasteiger partial charge in [0.25, 0.3) is 0 Å². The average Bonchev–Trinajstić information content (AvgIpc) is 3.44. The molecule has 2 N–H and O–H groups in total. The fourth-order valence-corrected chi connectivity index (χ4v) is 6.64. The summed E-state index contributed by atoms with van der Waals surface area (Å²) in [6.45, 7) is 4.23. The molecule has 3 atom stereocenters. The molecule has 0 amide bonds. The van der Waals surface area contributed by atoms with Crippen LogP contribution < -0.4 is 10.6 Å². The van der Waals surface area contributed by atoms with E-state index in [2.05, 4.69) is 10.6 Å². The first-order valence-electron chi connectivity index (χ1n) is 16.9. The largest absolute Gasteiger partial charge is 0.463 e. The second-order valence-corrected chi connectivity index (χ2v) is 13.0. The van der Waals surface area contributed by atoms with Crippen molar-refractivity contribution in [3.8, 4) is 0 Å². The summed E-state index contributed by atoms with van der Waals surface area (Å²) < 4.78 is 30.8. The summed E-state index contributed by atoms with van der Waals surface area (Å²) in [5, 5.41) is 7.74. The van der Waals surface area contributed by atoms with Crippen LogP contribution >= 0.6 is 23.2 Å². The van der Waals surface area contributed by atoms with Crippen molar-refractivity contribution in [2.24, 2.45) is 0 Å². The molecule has 11 nitrogen and oxygen atoms in total. The van der Waals surface area contributed by atoms with Crippen LogP contribution in [0.25, 0.3) is 5.65 Å². The van der Waals surface area contributed by atoms with Gasteiger partial charge >= 0.3 is 11.9 Å². The Morgan fingerprint density at radius 2 is 1.63 bits per heavy atom. The lowest BCUT2D eigenvalue weighted by atomic mass is 9.88. The monoisotopic (exact) mass is 746 g/mol. The fraction of sp³-hybridized carbons (Fsp3) is 0.308. The number of carbonyl (C=O) groups excluding carboxylic acids is 2. The van der Waals surface area contributed by atoms with Gasteiger partial charge in [-0.25, -0.2) is 9.78 Å². The third kappa shape index (κ3) is 8.52. The first-order chi connectivity index (χ1) is 25.2. The van der Waals surface area contributed by atoms with Gasteiger partial charge in [0, 0.05) is 30.3 Å². The van der Waals surface area contributed by atoms with Crippen LogP contribution in [-0.4, -0.2) is 67.6 Å². The van der Waals surface area contributed by atoms with E-state index in [-0.39, 0.29) is 32.8 Å². The first kappa shape index (κ1) is 37.1. The Balaban J connectivity index is 1.08. The molecule has 0 bridgehead atoms. The van der Waals surface area contributed by atoms with Crippen LogP contribution in [0, 0.1) is 13.8 Å². The second kappa shape index (κ2) is 17.2. The summed E-state index contributed by atoms with van der Waals surface area (Å²) in [7, 11) is 1.60. The Morgan fingerprint density at radius 1 is 0.885 bits per heavy atom. The fourth-order valence-electron chi connectivity index (χ4n) is 6.14. The van der Waals surface area contributed by atoms with Gasteiger partial charge in [-0.3, -0.25) is 4.79 Å². The summed E-state index contributed by atoms with van der Waals surface area (Å²) in [5.74, 6) is -1.05. The van der Waals surface area contributed by atoms with Crippen molar-refractivity contribution in [3.63, 3.8) is 0 Å². The number of benzene rings is 3. The molecule has 0 spiro atoms. The van der Waals surface area contributed by atoms with Gasteiger partial charge in [-0.1, -0.05) is 77.8 Å². The molecule has 1 aliphatic heterocycles. The van der Waals surface area contributed by atoms with E-state index in [4.69, 9.17) is 51.9 Å². The molecule has 1 aliphatic rings. The highest BCUT2D eigenvalue weighted by atomic mass is 35.5. The van der Waals surface area contributed by atoms with Crippen LogP contribution in [0.2, 0.25) is 10.0 Å². The molecule has 272 valence electrons. The number of pyridine rings is 1. The molecule has 52 heavy (non-hydrogen) atoms. The van der Waals surface area contributed by atoms with Crippen molar-refractivity contribution in [1.29, 1.82) is 0 Å². The standard InChI is InChI=1S/C39H40Cl2N4O7/c1-24-25(2)45-17-16-28-35(39(45)42-24)44-34(26-10-5-4-6-11-26)38(37(28)51-20-18-48-3)52-33(47)23-49-19-21-50-32(46)22-27-12-7-8-15-31(27)43-36-29(40)13-9-14-30(36)41/h4-17,34,37-38,43-44H,18-23H2,1-3H3/t34-,37-,38-/m1/s1. The van der Waals surface area contributed by atoms with Gasteiger partial charge < -0.3 is 38.7 Å². The summed E-state index contributed by atoms with van der Waals surface area (Å²) in [4.78, 5) is 30.9. The molecule has 3 heterocycles. The van der Waals surface area contributed by atoms with Gasteiger partial charge in [-0.15, -0.1) is 0 Å². The van der Waals surface area contributed by atoms with Crippen molar-refractivity contribution in [2.45, 2.75) is 38.5 Å². The summed E-state index contributed by atoms with van der Waals surface area (Å²) >= 11 is 12.6. The number of aryl methyl sites for hydroxylation is 2. The van der Waals surface area contributed by atoms with Crippen molar-refractivity contribution in [1.82, 2.24) is 9.38 Å². The number of carbonyl (C=O) groups is 2. The SMILES string of the molecule is COCCO[C@@H]1c2ccn3c(C)c(C)nc3c2N[C@H](c2ccccc2)[C@H]1OC(=O)COCCOC(=O)Cc1ccccc1Nc1c(Cl)cccc1Cl. The Bertz CT molecular complexity index is 2000. The second-order valence-electron chi connectivity index (χ2n) is 12.2. The highest BCUT2D eigenvalue weighted by molar-refractivity contribution is 6.39. The smallest absolute Gasteiger partial charge is 0.332 e. The summed E-state index contributed by atoms with van der Waals surface area (Å²) in [5.41, 5.74) is 7.17. The van der Waals surface area contributed by atoms with Crippen LogP contribution in [0.3, 0.4) is 0 Å². The van der Waals surface area contributed by atoms with Crippen molar-refractivity contribution in [3.05, 3.63) is 123 Å². The predicted molar refractivity (Wildman–Crippen MR) is 200 cm³/mol. The Hall–Kier alpha value is -4.65. The number of nitrogens with zero attached hydrogens (tertiary/aromatic N) is 2. The normalized spacial score (nSPS) is 16.6. The van der Waals surface area contributed by atoms with E-state index in [0.717, 1.165) is 33.8 Å². The van der Waals surface area contributed by atoms with Gasteiger partial charge in [0.05, 0.1) is 59.4 Å². The third-order valence-electron chi connectivity index (χ3n) is 8.83. The molecule has 0 unspecified atom stereocenters. The van der Waals surface area contributed by atoms with E-state index < -0.39 is 30.2 Å². The van der Waals surface area contributed by atoms with Crippen molar-refractivity contribution >= 4 is 57.8 Å². The molecule has 0 fully saturated rings. The van der Waals surface area contributed by atoms with Crippen LogP contribution in [0.15, 0.2) is 85.1 Å². The lowest BCUT2D eigenvalue weighted by Crippen LogP contribution is -2.41. The minimum Gasteiger partial charge on any atom is -0.463 e. The lowest BCUT2D eigenvalue weighted by molar-refractivity contribution is -0.167. The maximum atomic E-state index is 13.3. The van der Waals surface area contributed by atoms with E-state index in [1.54, 1.807) is 25.3 Å². The van der Waals surface area contributed by atoms with Gasteiger partial charge in [0.15, 0.2) is 11.8 Å². The van der Waals surface area contributed by atoms with Gasteiger partial charge in [-0.2, -0.15) is 0 Å². The number of methoxy groups -OCH3 is 1. The van der Waals surface area contributed by atoms with Crippen molar-refractivity contribution < 1.29 is 33.3 Å². The number of rotatable bonds is 15. The number of halogens is 2. The molecule has 0 radical (unpaired) electrons. The number of nitrogens with one attached hydrogen (secondary N) is 2. The zero-order chi connectivity index (χ0) is 36.6. The minimum atomic E-state index is -0.755. The predicted octanol–water partition coefficient (Wildman–Crippen LogP) is 7.59. The lowest BCUT2D eigenvalue weighted by Gasteiger charge is -2.40. The molecule has 6 rings (SSSR count). The highest BCUT2D eigenvalue weighted by Crippen LogP contribution is 2.44. The van der Waals surface area contributed by atoms with Gasteiger partial charge in [0.2, 0.25) is 0 Å². The number of hydrogen-bond donors (Lipinski definition) is 2. The molecule has 13 heteroatoms. The summed E-state index contributed by atoms with van der Waals surface area (Å²) in [6.07, 6.45) is 0.566. The number of imidazole rings is 1. The zero-order valence-corrected chi connectivity index (χ0v) is 30.6. The number of esters is 2. The third-order valence-corrected chi connectivity index (χ3v) is 9.46. The van der Waals surface area contributed by atoms with E-state index >= 15 is 0 Å². The van der Waals surface area contributed by atoms with Crippen molar-refractivity contribution in [2.75, 3.05) is 50.8 Å². The van der Waals surface area contributed by atoms with E-state index in [0.29, 0.717) is 33.6 Å². The van der Waals surface area contributed by atoms with E-state index in [1.807, 2.05) is 85.1 Å². The van der Waals surface area contributed by atoms with Crippen LogP contribution in [0.5, 0.6) is 0 Å². The van der Waals surface area contributed by atoms with E-state index in [1.165, 1.54) is 0 Å². The van der Waals surface area contributed by atoms with Gasteiger partial charge in [0.1, 0.15) is 19.3 Å². The zero-order valence-electron chi connectivity index (χ0n) is 29.1. The molecule has 0 saturated heterocycles. The molecular formula is C39H40Cl2N4O7. The van der Waals surface area contributed by atoms with E-state index in [9.17, 15) is 9.59 Å². The molecule has 0 saturated carbocycles. The first-order valence-corrected chi connectivity index (χ1v) is 17.6. The quantitative estimate of drug-likeness (QED) is 0.0819. The average molecular weight is 748 g/mol. The molecular weight excluding hydrogens is 707 g/mol. The Labute approximate surface area is 312 Å². The maximum Gasteiger partial charge on any atom is 0.332 e. The number of anilines is 3. The minimum absolute atomic E-state index is 0.00102. The highest BCUT2D eigenvalue weighted by Gasteiger charge is 2.42. The number of para-hydroxylation sites is 2. The topological polar surface area (TPSA) is 122 Å². The molecule has 5 aromatic rings. The van der Waals surface area contributed by atoms with Crippen LogP contribution in [0.1, 0.15) is 40.2 Å². The molecule has 2 aromatic heterocycles.